The number of aliphatic imine (C=N–C) groups is 1. The highest BCUT2D eigenvalue weighted by Crippen LogP contribution is 2.38. The standard InChI is InChI=1S/C15H10N2S/c1-2-4-12-10(3-1)9-11-13(17-12)5-6-14-15(11)18-8-7-16-14/h1-7,9H,8H2. The highest BCUT2D eigenvalue weighted by Gasteiger charge is 2.11. The molecule has 1 aromatic heterocycles. The van der Waals surface area contributed by atoms with Gasteiger partial charge >= 0.3 is 0 Å². The minimum absolute atomic E-state index is 0.943. The SMILES string of the molecule is C1=Nc2ccc3nc4ccccc4cc3c2SC1. The molecule has 0 amide bonds. The summed E-state index contributed by atoms with van der Waals surface area (Å²) in [7, 11) is 0. The highest BCUT2D eigenvalue weighted by atomic mass is 32.2. The number of hydrogen-bond donors (Lipinski definition) is 0. The lowest BCUT2D eigenvalue weighted by Gasteiger charge is -2.12. The lowest BCUT2D eigenvalue weighted by molar-refractivity contribution is 1.38. The number of aromatic nitrogens is 1. The molecule has 4 rings (SSSR count). The van der Waals surface area contributed by atoms with E-state index < -0.39 is 0 Å². The molecule has 86 valence electrons. The van der Waals surface area contributed by atoms with Crippen LogP contribution in [0.15, 0.2) is 52.4 Å². The van der Waals surface area contributed by atoms with Crippen molar-refractivity contribution in [3.8, 4) is 0 Å². The van der Waals surface area contributed by atoms with Crippen molar-refractivity contribution in [3.05, 3.63) is 42.5 Å². The van der Waals surface area contributed by atoms with E-state index in [0.29, 0.717) is 0 Å². The summed E-state index contributed by atoms with van der Waals surface area (Å²) in [4.78, 5) is 10.4. The Morgan fingerprint density at radius 1 is 1.00 bits per heavy atom. The highest BCUT2D eigenvalue weighted by molar-refractivity contribution is 8.00. The van der Waals surface area contributed by atoms with Crippen LogP contribution in [-0.2, 0) is 0 Å². The van der Waals surface area contributed by atoms with Crippen LogP contribution in [0.1, 0.15) is 0 Å². The van der Waals surface area contributed by atoms with Gasteiger partial charge in [-0.3, -0.25) is 4.99 Å². The lowest BCUT2D eigenvalue weighted by Crippen LogP contribution is -1.91. The third kappa shape index (κ3) is 1.44. The smallest absolute Gasteiger partial charge is 0.0769 e. The van der Waals surface area contributed by atoms with Crippen molar-refractivity contribution in [2.24, 2.45) is 4.99 Å². The van der Waals surface area contributed by atoms with Crippen molar-refractivity contribution in [1.82, 2.24) is 4.98 Å². The van der Waals surface area contributed by atoms with Gasteiger partial charge in [-0.2, -0.15) is 0 Å². The van der Waals surface area contributed by atoms with Gasteiger partial charge in [0, 0.05) is 27.6 Å². The molecule has 1 aliphatic heterocycles. The van der Waals surface area contributed by atoms with Crippen LogP contribution in [0, 0.1) is 0 Å². The Labute approximate surface area is 109 Å². The van der Waals surface area contributed by atoms with Gasteiger partial charge in [-0.05, 0) is 24.3 Å². The van der Waals surface area contributed by atoms with Crippen LogP contribution in [0.2, 0.25) is 0 Å². The van der Waals surface area contributed by atoms with Gasteiger partial charge in [0.25, 0.3) is 0 Å². The number of benzene rings is 2. The van der Waals surface area contributed by atoms with Crippen molar-refractivity contribution in [2.45, 2.75) is 4.90 Å². The predicted molar refractivity (Wildman–Crippen MR) is 78.1 cm³/mol. The Hall–Kier alpha value is -1.87. The zero-order valence-electron chi connectivity index (χ0n) is 9.63. The maximum atomic E-state index is 4.72. The Kier molecular flexibility index (Phi) is 2.14. The molecule has 0 unspecified atom stereocenters. The number of hydrogen-bond acceptors (Lipinski definition) is 3. The van der Waals surface area contributed by atoms with Gasteiger partial charge in [-0.15, -0.1) is 11.8 Å². The molecular formula is C15H10N2S. The number of rotatable bonds is 0. The first-order chi connectivity index (χ1) is 8.92. The topological polar surface area (TPSA) is 25.2 Å². The number of fused-ring (bicyclic) bond motifs is 4. The van der Waals surface area contributed by atoms with E-state index in [0.717, 1.165) is 22.5 Å². The molecule has 0 spiro atoms. The molecule has 0 saturated heterocycles. The zero-order chi connectivity index (χ0) is 11.9. The van der Waals surface area contributed by atoms with Gasteiger partial charge in [0.05, 0.1) is 16.7 Å². The normalized spacial score (nSPS) is 14.0. The van der Waals surface area contributed by atoms with Crippen molar-refractivity contribution in [2.75, 3.05) is 5.75 Å². The summed E-state index contributed by atoms with van der Waals surface area (Å²) in [5, 5.41) is 2.40. The second-order valence-corrected chi connectivity index (χ2v) is 5.31. The van der Waals surface area contributed by atoms with Gasteiger partial charge in [0.1, 0.15) is 0 Å². The summed E-state index contributed by atoms with van der Waals surface area (Å²) in [6.07, 6.45) is 1.97. The number of pyridine rings is 1. The molecule has 18 heavy (non-hydrogen) atoms. The monoisotopic (exact) mass is 250 g/mol. The summed E-state index contributed by atoms with van der Waals surface area (Å²) in [5.74, 6) is 0.943. The molecule has 3 heteroatoms. The number of thioether (sulfide) groups is 1. The fraction of sp³-hybridized carbons (Fsp3) is 0.0667. The van der Waals surface area contributed by atoms with Crippen LogP contribution < -0.4 is 0 Å². The lowest BCUT2D eigenvalue weighted by atomic mass is 10.1. The Bertz CT molecular complexity index is 793. The molecule has 0 fully saturated rings. The van der Waals surface area contributed by atoms with E-state index in [1.165, 1.54) is 15.7 Å². The van der Waals surface area contributed by atoms with Crippen LogP contribution in [0.3, 0.4) is 0 Å². The van der Waals surface area contributed by atoms with Crippen LogP contribution in [0.25, 0.3) is 21.8 Å². The minimum Gasteiger partial charge on any atom is -0.259 e. The first-order valence-corrected chi connectivity index (χ1v) is 6.88. The van der Waals surface area contributed by atoms with Gasteiger partial charge in [-0.25, -0.2) is 4.98 Å². The summed E-state index contributed by atoms with van der Waals surface area (Å²) in [6.45, 7) is 0. The third-order valence-corrected chi connectivity index (χ3v) is 4.20. The molecular weight excluding hydrogens is 240 g/mol. The van der Waals surface area contributed by atoms with Crippen molar-refractivity contribution < 1.29 is 0 Å². The molecule has 0 saturated carbocycles. The van der Waals surface area contributed by atoms with Gasteiger partial charge in [0.15, 0.2) is 0 Å². The quantitative estimate of drug-likeness (QED) is 0.559. The van der Waals surface area contributed by atoms with Crippen LogP contribution in [-0.4, -0.2) is 17.0 Å². The molecule has 3 aromatic rings. The average molecular weight is 250 g/mol. The molecule has 0 aliphatic carbocycles. The molecule has 2 aromatic carbocycles. The third-order valence-electron chi connectivity index (χ3n) is 3.16. The van der Waals surface area contributed by atoms with Gasteiger partial charge < -0.3 is 0 Å². The van der Waals surface area contributed by atoms with E-state index in [9.17, 15) is 0 Å². The molecule has 2 nitrogen and oxygen atoms in total. The predicted octanol–water partition coefficient (Wildman–Crippen LogP) is 4.20. The fourth-order valence-electron chi connectivity index (χ4n) is 2.32. The summed E-state index contributed by atoms with van der Waals surface area (Å²) >= 11 is 1.84. The van der Waals surface area contributed by atoms with E-state index in [-0.39, 0.29) is 0 Å². The summed E-state index contributed by atoms with van der Waals surface area (Å²) in [5.41, 5.74) is 3.17. The zero-order valence-corrected chi connectivity index (χ0v) is 10.4. The minimum atomic E-state index is 0.943. The summed E-state index contributed by atoms with van der Waals surface area (Å²) in [6, 6.07) is 14.6. The van der Waals surface area contributed by atoms with E-state index in [1.54, 1.807) is 0 Å². The largest absolute Gasteiger partial charge is 0.259 e. The number of nitrogens with zero attached hydrogens (tertiary/aromatic N) is 2. The van der Waals surface area contributed by atoms with Crippen molar-refractivity contribution in [1.29, 1.82) is 0 Å². The second kappa shape index (κ2) is 3.82. The van der Waals surface area contributed by atoms with Crippen LogP contribution in [0.5, 0.6) is 0 Å². The van der Waals surface area contributed by atoms with Crippen LogP contribution in [0.4, 0.5) is 5.69 Å². The first kappa shape index (κ1) is 10.1. The average Bonchev–Trinajstić information content (AvgIpc) is 2.45. The maximum absolute atomic E-state index is 4.72. The second-order valence-electron chi connectivity index (χ2n) is 4.28. The summed E-state index contributed by atoms with van der Waals surface area (Å²) < 4.78 is 0. The van der Waals surface area contributed by atoms with Crippen LogP contribution >= 0.6 is 11.8 Å². The van der Waals surface area contributed by atoms with E-state index in [4.69, 9.17) is 4.98 Å². The number of para-hydroxylation sites is 1. The van der Waals surface area contributed by atoms with E-state index in [2.05, 4.69) is 41.4 Å². The fourth-order valence-corrected chi connectivity index (χ4v) is 3.22. The molecule has 0 N–H and O–H groups in total. The Balaban J connectivity index is 2.15. The first-order valence-electron chi connectivity index (χ1n) is 5.90. The maximum Gasteiger partial charge on any atom is 0.0769 e. The molecule has 0 radical (unpaired) electrons. The Morgan fingerprint density at radius 2 is 1.94 bits per heavy atom. The van der Waals surface area contributed by atoms with Crippen molar-refractivity contribution in [3.63, 3.8) is 0 Å². The van der Waals surface area contributed by atoms with Gasteiger partial charge in [-0.1, -0.05) is 18.2 Å². The Morgan fingerprint density at radius 3 is 2.94 bits per heavy atom. The molecule has 1 aliphatic rings. The molecule has 0 atom stereocenters. The molecule has 0 bridgehead atoms. The van der Waals surface area contributed by atoms with Crippen molar-refractivity contribution >= 4 is 45.5 Å². The van der Waals surface area contributed by atoms with Gasteiger partial charge in [0.2, 0.25) is 0 Å². The molecule has 2 heterocycles. The van der Waals surface area contributed by atoms with E-state index in [1.807, 2.05) is 24.0 Å². The van der Waals surface area contributed by atoms with E-state index >= 15 is 0 Å².